The minimum atomic E-state index is -0.523. The first-order valence-corrected chi connectivity index (χ1v) is 13.7. The summed E-state index contributed by atoms with van der Waals surface area (Å²) in [4.78, 5) is 28.2. The summed E-state index contributed by atoms with van der Waals surface area (Å²) in [6, 6.07) is 19.0. The summed E-state index contributed by atoms with van der Waals surface area (Å²) in [5, 5.41) is 6.55. The number of unbranched alkanes of at least 4 members (excludes halogenated alkanes) is 2. The van der Waals surface area contributed by atoms with Crippen LogP contribution in [-0.2, 0) is 4.74 Å². The molecule has 0 aliphatic heterocycles. The molecule has 5 rings (SSSR count). The van der Waals surface area contributed by atoms with Crippen molar-refractivity contribution in [3.05, 3.63) is 128 Å². The molecule has 2 heterocycles. The van der Waals surface area contributed by atoms with Crippen molar-refractivity contribution in [1.29, 1.82) is 0 Å². The normalized spacial score (nSPS) is 16.8. The monoisotopic (exact) mass is 524 g/mol. The smallest absolute Gasteiger partial charge is 0.275 e. The molecule has 0 saturated carbocycles. The molecule has 202 valence electrons. The van der Waals surface area contributed by atoms with Crippen molar-refractivity contribution in [2.24, 2.45) is 5.92 Å². The van der Waals surface area contributed by atoms with Crippen LogP contribution in [-0.4, -0.2) is 32.3 Å². The van der Waals surface area contributed by atoms with Gasteiger partial charge in [-0.3, -0.25) is 19.8 Å². The molecule has 2 aromatic heterocycles. The van der Waals surface area contributed by atoms with Crippen molar-refractivity contribution in [2.45, 2.75) is 52.1 Å². The number of aromatic amines is 2. The lowest BCUT2D eigenvalue weighted by Crippen LogP contribution is -2.34. The van der Waals surface area contributed by atoms with Gasteiger partial charge in [0.15, 0.2) is 0 Å². The number of hydrogen-bond donors (Lipinski definition) is 2. The molecule has 0 saturated heterocycles. The third-order valence-corrected chi connectivity index (χ3v) is 7.45. The average molecular weight is 525 g/mol. The lowest BCUT2D eigenvalue weighted by Gasteiger charge is -2.31. The van der Waals surface area contributed by atoms with Gasteiger partial charge in [0.25, 0.3) is 11.1 Å². The molecule has 0 radical (unpaired) electrons. The van der Waals surface area contributed by atoms with Gasteiger partial charge in [0, 0.05) is 41.0 Å². The summed E-state index contributed by atoms with van der Waals surface area (Å²) < 4.78 is 9.52. The maximum Gasteiger partial charge on any atom is 0.275 e. The molecule has 39 heavy (non-hydrogen) atoms. The van der Waals surface area contributed by atoms with E-state index in [0.29, 0.717) is 17.7 Å². The standard InChI is InChI=1S/C32H36N4O3/c1-4-5-14-21-39-27-20-13-12-19-26(27)30(28-22(2)33-35(31(28)37)24-15-8-6-9-16-24)29-23(3)34-36(32(29)38)25-17-10-7-11-18-25/h6-13,15-20,26-27,30,33-34H,4-5,14,21H2,1-3H3/t26-,27+/m1/s1. The van der Waals surface area contributed by atoms with E-state index in [2.05, 4.69) is 23.2 Å². The van der Waals surface area contributed by atoms with Crippen molar-refractivity contribution in [2.75, 3.05) is 6.61 Å². The second-order valence-electron chi connectivity index (χ2n) is 10.1. The Morgan fingerprint density at radius 2 is 1.28 bits per heavy atom. The summed E-state index contributed by atoms with van der Waals surface area (Å²) in [5.41, 5.74) is 3.77. The van der Waals surface area contributed by atoms with E-state index >= 15 is 0 Å². The lowest BCUT2D eigenvalue weighted by atomic mass is 9.76. The van der Waals surface area contributed by atoms with Gasteiger partial charge >= 0.3 is 0 Å². The third-order valence-electron chi connectivity index (χ3n) is 7.45. The first-order chi connectivity index (χ1) is 19.0. The highest BCUT2D eigenvalue weighted by molar-refractivity contribution is 5.43. The van der Waals surface area contributed by atoms with Crippen LogP contribution >= 0.6 is 0 Å². The molecule has 0 amide bonds. The highest BCUT2D eigenvalue weighted by Crippen LogP contribution is 2.38. The minimum Gasteiger partial charge on any atom is -0.373 e. The van der Waals surface area contributed by atoms with E-state index < -0.39 is 5.92 Å². The van der Waals surface area contributed by atoms with E-state index in [4.69, 9.17) is 4.74 Å². The highest BCUT2D eigenvalue weighted by atomic mass is 16.5. The van der Waals surface area contributed by atoms with Crippen LogP contribution in [0.2, 0.25) is 0 Å². The fourth-order valence-electron chi connectivity index (χ4n) is 5.54. The first-order valence-electron chi connectivity index (χ1n) is 13.7. The number of hydrogen-bond acceptors (Lipinski definition) is 3. The second kappa shape index (κ2) is 11.7. The molecule has 2 atom stereocenters. The second-order valence-corrected chi connectivity index (χ2v) is 10.1. The number of nitrogens with one attached hydrogen (secondary N) is 2. The van der Waals surface area contributed by atoms with Gasteiger partial charge < -0.3 is 4.74 Å². The lowest BCUT2D eigenvalue weighted by molar-refractivity contribution is 0.0500. The first kappa shape index (κ1) is 26.5. The van der Waals surface area contributed by atoms with Crippen molar-refractivity contribution in [3.8, 4) is 11.4 Å². The number of nitrogens with zero attached hydrogens (tertiary/aromatic N) is 2. The highest BCUT2D eigenvalue weighted by Gasteiger charge is 2.38. The van der Waals surface area contributed by atoms with Crippen LogP contribution in [0.3, 0.4) is 0 Å². The molecule has 1 aliphatic rings. The fraction of sp³-hybridized carbons (Fsp3) is 0.312. The summed E-state index contributed by atoms with van der Waals surface area (Å²) in [6.07, 6.45) is 11.0. The molecule has 0 bridgehead atoms. The summed E-state index contributed by atoms with van der Waals surface area (Å²) in [7, 11) is 0. The van der Waals surface area contributed by atoms with Gasteiger partial charge in [0.1, 0.15) is 0 Å². The van der Waals surface area contributed by atoms with Gasteiger partial charge in [-0.2, -0.15) is 0 Å². The molecule has 2 N–H and O–H groups in total. The Morgan fingerprint density at radius 3 is 1.79 bits per heavy atom. The molecule has 7 heteroatoms. The predicted molar refractivity (Wildman–Crippen MR) is 155 cm³/mol. The van der Waals surface area contributed by atoms with E-state index in [1.54, 1.807) is 9.36 Å². The largest absolute Gasteiger partial charge is 0.373 e. The Bertz CT molecular complexity index is 1470. The average Bonchev–Trinajstić information content (AvgIpc) is 3.43. The molecular weight excluding hydrogens is 488 g/mol. The van der Waals surface area contributed by atoms with Crippen LogP contribution in [0.5, 0.6) is 0 Å². The number of H-pyrrole nitrogens is 2. The van der Waals surface area contributed by atoms with Gasteiger partial charge in [-0.1, -0.05) is 80.5 Å². The number of para-hydroxylation sites is 2. The molecular formula is C32H36N4O3. The van der Waals surface area contributed by atoms with Crippen LogP contribution < -0.4 is 11.1 Å². The van der Waals surface area contributed by atoms with E-state index in [9.17, 15) is 9.59 Å². The zero-order valence-corrected chi connectivity index (χ0v) is 22.8. The zero-order chi connectivity index (χ0) is 27.4. The van der Waals surface area contributed by atoms with Gasteiger partial charge in [-0.15, -0.1) is 0 Å². The molecule has 2 aromatic carbocycles. The van der Waals surface area contributed by atoms with Crippen LogP contribution in [0, 0.1) is 19.8 Å². The van der Waals surface area contributed by atoms with Gasteiger partial charge in [-0.25, -0.2) is 9.36 Å². The number of ether oxygens (including phenoxy) is 1. The maximum absolute atomic E-state index is 14.1. The van der Waals surface area contributed by atoms with E-state index in [1.165, 1.54) is 0 Å². The van der Waals surface area contributed by atoms with Crippen LogP contribution in [0.4, 0.5) is 0 Å². The van der Waals surface area contributed by atoms with Crippen molar-refractivity contribution < 1.29 is 4.74 Å². The zero-order valence-electron chi connectivity index (χ0n) is 22.8. The number of allylic oxidation sites excluding steroid dienone is 2. The molecule has 0 fully saturated rings. The topological polar surface area (TPSA) is 84.8 Å². The van der Waals surface area contributed by atoms with Crippen molar-refractivity contribution in [3.63, 3.8) is 0 Å². The number of benzene rings is 2. The summed E-state index contributed by atoms with van der Waals surface area (Å²) >= 11 is 0. The molecule has 7 nitrogen and oxygen atoms in total. The molecule has 1 aliphatic carbocycles. The Balaban J connectivity index is 1.67. The number of aryl methyl sites for hydroxylation is 2. The summed E-state index contributed by atoms with van der Waals surface area (Å²) in [6.45, 7) is 6.60. The Hall–Kier alpha value is -4.10. The van der Waals surface area contributed by atoms with Gasteiger partial charge in [-0.05, 0) is 44.5 Å². The summed E-state index contributed by atoms with van der Waals surface area (Å²) in [5.74, 6) is -0.765. The molecule has 4 aromatic rings. The van der Waals surface area contributed by atoms with E-state index in [0.717, 1.165) is 42.0 Å². The van der Waals surface area contributed by atoms with Crippen LogP contribution in [0.1, 0.15) is 54.6 Å². The quantitative estimate of drug-likeness (QED) is 0.261. The van der Waals surface area contributed by atoms with Crippen LogP contribution in [0.15, 0.2) is 94.6 Å². The Morgan fingerprint density at radius 1 is 0.769 bits per heavy atom. The minimum absolute atomic E-state index is 0.164. The van der Waals surface area contributed by atoms with Crippen LogP contribution in [0.25, 0.3) is 11.4 Å². The third kappa shape index (κ3) is 5.27. The van der Waals surface area contributed by atoms with E-state index in [-0.39, 0.29) is 23.1 Å². The SMILES string of the molecule is CCCCCO[C@H]1C=CC=C[C@H]1C(c1c(C)[nH]n(-c2ccccc2)c1=O)c1c(C)[nH]n(-c2ccccc2)c1=O. The number of aromatic nitrogens is 4. The van der Waals surface area contributed by atoms with Gasteiger partial charge in [0.05, 0.1) is 17.5 Å². The van der Waals surface area contributed by atoms with Crippen molar-refractivity contribution >= 4 is 0 Å². The Labute approximate surface area is 228 Å². The predicted octanol–water partition coefficient (Wildman–Crippen LogP) is 5.71. The maximum atomic E-state index is 14.1. The molecule has 0 unspecified atom stereocenters. The molecule has 0 spiro atoms. The van der Waals surface area contributed by atoms with E-state index in [1.807, 2.05) is 92.7 Å². The van der Waals surface area contributed by atoms with Gasteiger partial charge in [0.2, 0.25) is 0 Å². The fourth-order valence-corrected chi connectivity index (χ4v) is 5.54. The van der Waals surface area contributed by atoms with Crippen molar-refractivity contribution in [1.82, 2.24) is 19.6 Å². The number of rotatable bonds is 10. The Kier molecular flexibility index (Phi) is 7.98.